The molecular weight excluding hydrogens is 398 g/mol. The Morgan fingerprint density at radius 3 is 2.87 bits per heavy atom. The molecule has 30 heavy (non-hydrogen) atoms. The van der Waals surface area contributed by atoms with E-state index < -0.39 is 5.60 Å². The molecule has 1 aliphatic heterocycles. The Balaban J connectivity index is 1.32. The second kappa shape index (κ2) is 7.62. The van der Waals surface area contributed by atoms with Gasteiger partial charge in [-0.1, -0.05) is 6.92 Å². The van der Waals surface area contributed by atoms with E-state index in [2.05, 4.69) is 16.8 Å². The molecule has 1 atom stereocenters. The SMILES string of the molecule is Cc1ccc(CN2CCC(O)(Cn3cnc4sc5c(c4c3=O)CC[C@H](C)C5)CC2)o1. The average molecular weight is 428 g/mol. The number of likely N-dealkylation sites (tertiary alicyclic amines) is 1. The fourth-order valence-electron chi connectivity index (χ4n) is 4.87. The number of thiophene rings is 1. The van der Waals surface area contributed by atoms with Gasteiger partial charge in [0.1, 0.15) is 16.4 Å². The van der Waals surface area contributed by atoms with Gasteiger partial charge >= 0.3 is 0 Å². The minimum atomic E-state index is -0.876. The Bertz CT molecular complexity index is 1120. The van der Waals surface area contributed by atoms with Crippen LogP contribution in [0.2, 0.25) is 0 Å². The summed E-state index contributed by atoms with van der Waals surface area (Å²) in [5, 5.41) is 12.0. The smallest absolute Gasteiger partial charge is 0.262 e. The third-order valence-corrected chi connectivity index (χ3v) is 7.87. The largest absolute Gasteiger partial charge is 0.465 e. The molecule has 1 saturated heterocycles. The maximum atomic E-state index is 13.3. The number of piperidine rings is 1. The monoisotopic (exact) mass is 427 g/mol. The highest BCUT2D eigenvalue weighted by molar-refractivity contribution is 7.18. The highest BCUT2D eigenvalue weighted by Gasteiger charge is 2.34. The van der Waals surface area contributed by atoms with Crippen molar-refractivity contribution in [1.82, 2.24) is 14.5 Å². The van der Waals surface area contributed by atoms with E-state index in [-0.39, 0.29) is 5.56 Å². The standard InChI is InChI=1S/C23H29N3O3S/c1-15-3-6-18-19(11-15)30-21-20(18)22(27)26(14-24-21)13-23(28)7-9-25(10-8-23)12-17-5-4-16(2)29-17/h4-5,14-15,28H,3,6-13H2,1-2H3/t15-/m0/s1. The third kappa shape index (κ3) is 3.74. The zero-order chi connectivity index (χ0) is 20.9. The van der Waals surface area contributed by atoms with Crippen molar-refractivity contribution < 1.29 is 9.52 Å². The highest BCUT2D eigenvalue weighted by Crippen LogP contribution is 2.35. The molecule has 3 aromatic rings. The molecule has 3 aromatic heterocycles. The molecule has 4 heterocycles. The number of hydrogen-bond acceptors (Lipinski definition) is 6. The van der Waals surface area contributed by atoms with Gasteiger partial charge in [0, 0.05) is 18.0 Å². The summed E-state index contributed by atoms with van der Waals surface area (Å²) in [6.07, 6.45) is 6.04. The molecule has 0 amide bonds. The van der Waals surface area contributed by atoms with Crippen molar-refractivity contribution in [3.8, 4) is 0 Å². The lowest BCUT2D eigenvalue weighted by Gasteiger charge is -2.38. The number of furan rings is 1. The third-order valence-electron chi connectivity index (χ3n) is 6.71. The van der Waals surface area contributed by atoms with Gasteiger partial charge in [-0.05, 0) is 62.6 Å². The van der Waals surface area contributed by atoms with Gasteiger partial charge in [-0.15, -0.1) is 11.3 Å². The van der Waals surface area contributed by atoms with Crippen LogP contribution in [0.1, 0.15) is 48.1 Å². The van der Waals surface area contributed by atoms with Crippen molar-refractivity contribution in [3.05, 3.63) is 50.8 Å². The van der Waals surface area contributed by atoms with Crippen LogP contribution in [0.25, 0.3) is 10.2 Å². The van der Waals surface area contributed by atoms with Crippen LogP contribution in [-0.4, -0.2) is 38.2 Å². The van der Waals surface area contributed by atoms with E-state index in [0.29, 0.717) is 25.3 Å². The van der Waals surface area contributed by atoms with E-state index in [4.69, 9.17) is 4.42 Å². The number of nitrogens with zero attached hydrogens (tertiary/aromatic N) is 3. The number of aliphatic hydroxyl groups is 1. The molecule has 2 aliphatic rings. The van der Waals surface area contributed by atoms with Gasteiger partial charge in [-0.25, -0.2) is 4.98 Å². The van der Waals surface area contributed by atoms with Crippen molar-refractivity contribution in [3.63, 3.8) is 0 Å². The quantitative estimate of drug-likeness (QED) is 0.690. The van der Waals surface area contributed by atoms with Crippen LogP contribution in [0.5, 0.6) is 0 Å². The molecule has 6 nitrogen and oxygen atoms in total. The average Bonchev–Trinajstić information content (AvgIpc) is 3.29. The molecule has 1 N–H and O–H groups in total. The number of fused-ring (bicyclic) bond motifs is 3. The minimum absolute atomic E-state index is 0.00830. The summed E-state index contributed by atoms with van der Waals surface area (Å²) in [5.74, 6) is 2.55. The lowest BCUT2D eigenvalue weighted by Crippen LogP contribution is -2.47. The molecule has 0 radical (unpaired) electrons. The maximum absolute atomic E-state index is 13.3. The number of hydrogen-bond donors (Lipinski definition) is 1. The zero-order valence-electron chi connectivity index (χ0n) is 17.7. The van der Waals surface area contributed by atoms with Crippen molar-refractivity contribution >= 4 is 21.6 Å². The van der Waals surface area contributed by atoms with E-state index in [1.807, 2.05) is 19.1 Å². The second-order valence-corrected chi connectivity index (χ2v) is 10.3. The summed E-state index contributed by atoms with van der Waals surface area (Å²) in [7, 11) is 0. The lowest BCUT2D eigenvalue weighted by molar-refractivity contribution is -0.0375. The molecule has 5 rings (SSSR count). The van der Waals surface area contributed by atoms with Crippen LogP contribution in [0.4, 0.5) is 0 Å². The predicted octanol–water partition coefficient (Wildman–Crippen LogP) is 3.51. The summed E-state index contributed by atoms with van der Waals surface area (Å²) in [6, 6.07) is 3.99. The van der Waals surface area contributed by atoms with Crippen LogP contribution in [0.3, 0.4) is 0 Å². The molecule has 0 bridgehead atoms. The van der Waals surface area contributed by atoms with E-state index in [0.717, 1.165) is 60.6 Å². The molecule has 7 heteroatoms. The van der Waals surface area contributed by atoms with Gasteiger partial charge in [0.25, 0.3) is 5.56 Å². The summed E-state index contributed by atoms with van der Waals surface area (Å²) in [5.41, 5.74) is 0.337. The number of aryl methyl sites for hydroxylation is 2. The van der Waals surface area contributed by atoms with Crippen LogP contribution in [-0.2, 0) is 25.9 Å². The van der Waals surface area contributed by atoms with E-state index in [1.165, 1.54) is 10.4 Å². The lowest BCUT2D eigenvalue weighted by atomic mass is 9.89. The van der Waals surface area contributed by atoms with Crippen molar-refractivity contribution in [2.45, 2.75) is 64.6 Å². The van der Waals surface area contributed by atoms with Gasteiger partial charge in [-0.2, -0.15) is 0 Å². The topological polar surface area (TPSA) is 71.5 Å². The number of rotatable bonds is 4. The summed E-state index contributed by atoms with van der Waals surface area (Å²) < 4.78 is 7.32. The first-order chi connectivity index (χ1) is 14.4. The minimum Gasteiger partial charge on any atom is -0.465 e. The Labute approximate surface area is 180 Å². The zero-order valence-corrected chi connectivity index (χ0v) is 18.5. The Kier molecular flexibility index (Phi) is 5.08. The summed E-state index contributed by atoms with van der Waals surface area (Å²) in [4.78, 5) is 22.3. The van der Waals surface area contributed by atoms with Crippen molar-refractivity contribution in [1.29, 1.82) is 0 Å². The first kappa shape index (κ1) is 20.0. The molecule has 1 fully saturated rings. The maximum Gasteiger partial charge on any atom is 0.262 e. The molecule has 1 aliphatic carbocycles. The van der Waals surface area contributed by atoms with E-state index in [9.17, 15) is 9.90 Å². The molecule has 0 saturated carbocycles. The molecule has 0 aromatic carbocycles. The van der Waals surface area contributed by atoms with Crippen LogP contribution >= 0.6 is 11.3 Å². The van der Waals surface area contributed by atoms with Crippen LogP contribution in [0, 0.1) is 12.8 Å². The second-order valence-electron chi connectivity index (χ2n) is 9.22. The first-order valence-corrected chi connectivity index (χ1v) is 11.7. The summed E-state index contributed by atoms with van der Waals surface area (Å²) in [6.45, 7) is 6.86. The normalized spacial score (nSPS) is 21.8. The fourth-order valence-corrected chi connectivity index (χ4v) is 6.21. The molecule has 0 spiro atoms. The van der Waals surface area contributed by atoms with Crippen molar-refractivity contribution in [2.24, 2.45) is 5.92 Å². The van der Waals surface area contributed by atoms with Gasteiger partial charge in [0.2, 0.25) is 0 Å². The Morgan fingerprint density at radius 2 is 2.13 bits per heavy atom. The van der Waals surface area contributed by atoms with E-state index in [1.54, 1.807) is 22.2 Å². The fraction of sp³-hybridized carbons (Fsp3) is 0.565. The predicted molar refractivity (Wildman–Crippen MR) is 118 cm³/mol. The van der Waals surface area contributed by atoms with Gasteiger partial charge in [0.15, 0.2) is 0 Å². The number of aromatic nitrogens is 2. The van der Waals surface area contributed by atoms with Crippen LogP contribution < -0.4 is 5.56 Å². The van der Waals surface area contributed by atoms with Gasteiger partial charge in [-0.3, -0.25) is 14.3 Å². The van der Waals surface area contributed by atoms with E-state index >= 15 is 0 Å². The highest BCUT2D eigenvalue weighted by atomic mass is 32.1. The molecule has 0 unspecified atom stereocenters. The molecular formula is C23H29N3O3S. The first-order valence-electron chi connectivity index (χ1n) is 10.9. The Morgan fingerprint density at radius 1 is 1.33 bits per heavy atom. The van der Waals surface area contributed by atoms with Crippen LogP contribution in [0.15, 0.2) is 27.7 Å². The van der Waals surface area contributed by atoms with Crippen molar-refractivity contribution in [2.75, 3.05) is 13.1 Å². The summed E-state index contributed by atoms with van der Waals surface area (Å²) >= 11 is 1.67. The molecule has 160 valence electrons. The van der Waals surface area contributed by atoms with Gasteiger partial charge < -0.3 is 9.52 Å². The van der Waals surface area contributed by atoms with Gasteiger partial charge in [0.05, 0.1) is 30.4 Å². The Hall–Kier alpha value is -1.96.